The largest absolute Gasteiger partial charge is 0.325 e. The van der Waals surface area contributed by atoms with Crippen LogP contribution in [-0.4, -0.2) is 43.1 Å². The summed E-state index contributed by atoms with van der Waals surface area (Å²) in [6.45, 7) is 5.28. The molecule has 0 fully saturated rings. The van der Waals surface area contributed by atoms with E-state index in [1.807, 2.05) is 0 Å². The van der Waals surface area contributed by atoms with Crippen molar-refractivity contribution in [2.45, 2.75) is 44.0 Å². The van der Waals surface area contributed by atoms with Crippen molar-refractivity contribution in [2.24, 2.45) is 0 Å². The number of hydrogen-bond acceptors (Lipinski definition) is 5. The number of imide groups is 1. The second kappa shape index (κ2) is 8.60. The second-order valence-corrected chi connectivity index (χ2v) is 9.96. The van der Waals surface area contributed by atoms with Crippen molar-refractivity contribution in [1.82, 2.24) is 9.62 Å². The van der Waals surface area contributed by atoms with Crippen molar-refractivity contribution in [2.75, 3.05) is 11.9 Å². The number of nitrogens with zero attached hydrogens (tertiary/aromatic N) is 1. The summed E-state index contributed by atoms with van der Waals surface area (Å²) in [7, 11) is -3.84. The Balaban J connectivity index is 1.62. The number of carbonyl (C=O) groups is 3. The normalized spacial score (nSPS) is 14.0. The minimum absolute atomic E-state index is 0.0223. The van der Waals surface area contributed by atoms with Gasteiger partial charge in [-0.25, -0.2) is 13.1 Å². The van der Waals surface area contributed by atoms with E-state index >= 15 is 0 Å². The van der Waals surface area contributed by atoms with Gasteiger partial charge in [-0.3, -0.25) is 19.3 Å². The van der Waals surface area contributed by atoms with Crippen LogP contribution in [0, 0.1) is 0 Å². The number of sulfonamides is 1. The zero-order valence-corrected chi connectivity index (χ0v) is 18.5. The number of benzene rings is 2. The van der Waals surface area contributed by atoms with Crippen molar-refractivity contribution < 1.29 is 22.8 Å². The molecule has 0 unspecified atom stereocenters. The van der Waals surface area contributed by atoms with E-state index in [1.165, 1.54) is 12.1 Å². The highest BCUT2D eigenvalue weighted by atomic mass is 32.2. The van der Waals surface area contributed by atoms with E-state index in [2.05, 4.69) is 10.0 Å². The molecular formula is C22H25N3O5S. The minimum atomic E-state index is -3.84. The molecule has 0 atom stereocenters. The van der Waals surface area contributed by atoms with Gasteiger partial charge in [0.05, 0.1) is 16.8 Å². The lowest BCUT2D eigenvalue weighted by Gasteiger charge is -2.21. The van der Waals surface area contributed by atoms with E-state index in [4.69, 9.17) is 0 Å². The molecule has 3 rings (SSSR count). The van der Waals surface area contributed by atoms with Crippen LogP contribution in [0.2, 0.25) is 0 Å². The summed E-state index contributed by atoms with van der Waals surface area (Å²) in [4.78, 5) is 38.3. The van der Waals surface area contributed by atoms with E-state index in [-0.39, 0.29) is 41.8 Å². The van der Waals surface area contributed by atoms with Gasteiger partial charge in [-0.1, -0.05) is 24.3 Å². The van der Waals surface area contributed by atoms with Gasteiger partial charge in [0, 0.05) is 18.5 Å². The number of carbonyl (C=O) groups excluding carboxylic acids is 3. The van der Waals surface area contributed by atoms with Crippen molar-refractivity contribution in [3.05, 3.63) is 59.7 Å². The number of para-hydroxylation sites is 1. The molecular weight excluding hydrogens is 418 g/mol. The summed E-state index contributed by atoms with van der Waals surface area (Å²) in [5, 5.41) is 2.62. The fourth-order valence-electron chi connectivity index (χ4n) is 3.31. The van der Waals surface area contributed by atoms with Gasteiger partial charge in [0.1, 0.15) is 4.90 Å². The molecule has 0 bridgehead atoms. The van der Waals surface area contributed by atoms with Crippen molar-refractivity contribution in [3.63, 3.8) is 0 Å². The van der Waals surface area contributed by atoms with Gasteiger partial charge in [0.15, 0.2) is 0 Å². The molecule has 0 spiro atoms. The van der Waals surface area contributed by atoms with Gasteiger partial charge in [0.2, 0.25) is 15.9 Å². The smallest absolute Gasteiger partial charge is 0.261 e. The van der Waals surface area contributed by atoms with Gasteiger partial charge in [-0.05, 0) is 51.5 Å². The zero-order chi connectivity index (χ0) is 22.8. The molecule has 0 aliphatic carbocycles. The average molecular weight is 444 g/mol. The maximum absolute atomic E-state index is 12.7. The van der Waals surface area contributed by atoms with Crippen molar-refractivity contribution in [3.8, 4) is 0 Å². The maximum atomic E-state index is 12.7. The summed E-state index contributed by atoms with van der Waals surface area (Å²) in [6, 6.07) is 12.7. The molecule has 2 N–H and O–H groups in total. The molecule has 8 nitrogen and oxygen atoms in total. The molecule has 1 aliphatic heterocycles. The first-order valence-electron chi connectivity index (χ1n) is 9.88. The summed E-state index contributed by atoms with van der Waals surface area (Å²) in [5.41, 5.74) is 0.220. The first-order valence-corrected chi connectivity index (χ1v) is 11.4. The van der Waals surface area contributed by atoms with Crippen molar-refractivity contribution >= 4 is 33.4 Å². The molecule has 0 aromatic heterocycles. The van der Waals surface area contributed by atoms with E-state index in [1.54, 1.807) is 57.2 Å². The highest BCUT2D eigenvalue weighted by Crippen LogP contribution is 2.24. The van der Waals surface area contributed by atoms with Crippen LogP contribution in [0.3, 0.4) is 0 Å². The van der Waals surface area contributed by atoms with Crippen LogP contribution >= 0.6 is 0 Å². The summed E-state index contributed by atoms with van der Waals surface area (Å²) >= 11 is 0. The minimum Gasteiger partial charge on any atom is -0.325 e. The summed E-state index contributed by atoms with van der Waals surface area (Å²) < 4.78 is 27.9. The monoisotopic (exact) mass is 443 g/mol. The molecule has 2 aromatic rings. The molecule has 0 saturated heterocycles. The zero-order valence-electron chi connectivity index (χ0n) is 17.6. The van der Waals surface area contributed by atoms with Crippen LogP contribution in [0.4, 0.5) is 5.69 Å². The molecule has 1 heterocycles. The Kier molecular flexibility index (Phi) is 6.28. The topological polar surface area (TPSA) is 113 Å². The number of amides is 3. The van der Waals surface area contributed by atoms with Crippen LogP contribution in [0.15, 0.2) is 53.4 Å². The molecule has 1 aliphatic rings. The SMILES string of the molecule is CC(C)(C)NS(=O)(=O)c1ccccc1NC(=O)CCCN1C(=O)c2ccccc2C1=O. The van der Waals surface area contributed by atoms with Crippen LogP contribution in [0.5, 0.6) is 0 Å². The molecule has 0 radical (unpaired) electrons. The van der Waals surface area contributed by atoms with Gasteiger partial charge >= 0.3 is 0 Å². The molecule has 9 heteroatoms. The van der Waals surface area contributed by atoms with Crippen LogP contribution in [0.25, 0.3) is 0 Å². The van der Waals surface area contributed by atoms with Gasteiger partial charge in [-0.15, -0.1) is 0 Å². The lowest BCUT2D eigenvalue weighted by atomic mass is 10.1. The first-order chi connectivity index (χ1) is 14.5. The Morgan fingerprint density at radius 2 is 1.48 bits per heavy atom. The van der Waals surface area contributed by atoms with E-state index in [0.717, 1.165) is 4.90 Å². The lowest BCUT2D eigenvalue weighted by Crippen LogP contribution is -2.40. The molecule has 0 saturated carbocycles. The molecule has 164 valence electrons. The Hall–Kier alpha value is -3.04. The predicted molar refractivity (Wildman–Crippen MR) is 116 cm³/mol. The number of fused-ring (bicyclic) bond motifs is 1. The third-order valence-electron chi connectivity index (χ3n) is 4.55. The quantitative estimate of drug-likeness (QED) is 0.639. The lowest BCUT2D eigenvalue weighted by molar-refractivity contribution is -0.116. The Morgan fingerprint density at radius 3 is 2.06 bits per heavy atom. The van der Waals surface area contributed by atoms with Gasteiger partial charge in [-0.2, -0.15) is 0 Å². The Labute approximate surface area is 181 Å². The number of hydrogen-bond donors (Lipinski definition) is 2. The van der Waals surface area contributed by atoms with Gasteiger partial charge < -0.3 is 5.32 Å². The average Bonchev–Trinajstić information content (AvgIpc) is 2.92. The van der Waals surface area contributed by atoms with E-state index in [0.29, 0.717) is 11.1 Å². The van der Waals surface area contributed by atoms with Gasteiger partial charge in [0.25, 0.3) is 11.8 Å². The second-order valence-electron chi connectivity index (χ2n) is 8.31. The predicted octanol–water partition coefficient (Wildman–Crippen LogP) is 2.78. The third-order valence-corrected chi connectivity index (χ3v) is 6.37. The van der Waals surface area contributed by atoms with Crippen LogP contribution < -0.4 is 10.0 Å². The molecule has 31 heavy (non-hydrogen) atoms. The van der Waals surface area contributed by atoms with Crippen molar-refractivity contribution in [1.29, 1.82) is 0 Å². The Bertz CT molecular complexity index is 1100. The number of rotatable bonds is 7. The molecule has 2 aromatic carbocycles. The molecule has 3 amide bonds. The number of anilines is 1. The fourth-order valence-corrected chi connectivity index (χ4v) is 4.90. The highest BCUT2D eigenvalue weighted by Gasteiger charge is 2.34. The van der Waals surface area contributed by atoms with E-state index in [9.17, 15) is 22.8 Å². The summed E-state index contributed by atoms with van der Waals surface area (Å²) in [6.07, 6.45) is 0.279. The highest BCUT2D eigenvalue weighted by molar-refractivity contribution is 7.89. The van der Waals surface area contributed by atoms with E-state index < -0.39 is 21.5 Å². The first kappa shape index (κ1) is 22.6. The fraction of sp³-hybridized carbons (Fsp3) is 0.318. The maximum Gasteiger partial charge on any atom is 0.261 e. The number of nitrogens with one attached hydrogen (secondary N) is 2. The standard InChI is InChI=1S/C22H25N3O5S/c1-22(2,3)24-31(29,30)18-12-7-6-11-17(18)23-19(26)13-8-14-25-20(27)15-9-4-5-10-16(15)21(25)28/h4-7,9-12,24H,8,13-14H2,1-3H3,(H,23,26). The van der Waals surface area contributed by atoms with Crippen LogP contribution in [0.1, 0.15) is 54.3 Å². The third kappa shape index (κ3) is 5.18. The Morgan fingerprint density at radius 1 is 0.935 bits per heavy atom. The van der Waals surface area contributed by atoms with Crippen LogP contribution in [-0.2, 0) is 14.8 Å². The summed E-state index contributed by atoms with van der Waals surface area (Å²) in [5.74, 6) is -1.15.